The zero-order valence-electron chi connectivity index (χ0n) is 13.8. The highest BCUT2D eigenvalue weighted by atomic mass is 35.5. The summed E-state index contributed by atoms with van der Waals surface area (Å²) in [7, 11) is 0. The molecule has 7 nitrogen and oxygen atoms in total. The van der Waals surface area contributed by atoms with E-state index in [9.17, 15) is 4.39 Å². The summed E-state index contributed by atoms with van der Waals surface area (Å²) < 4.78 is 20.1. The summed E-state index contributed by atoms with van der Waals surface area (Å²) in [6.45, 7) is 0.838. The second-order valence-corrected chi connectivity index (χ2v) is 6.71. The molecular weight excluding hydrogens is 359 g/mol. The topological polar surface area (TPSA) is 77.8 Å². The Bertz CT molecular complexity index is 894. The molecule has 0 spiro atoms. The van der Waals surface area contributed by atoms with Gasteiger partial charge < -0.3 is 10.1 Å². The first-order chi connectivity index (χ1) is 12.7. The molecule has 134 valence electrons. The smallest absolute Gasteiger partial charge is 0.227 e. The van der Waals surface area contributed by atoms with Gasteiger partial charge in [-0.15, -0.1) is 0 Å². The number of nitrogens with zero attached hydrogens (tertiary/aromatic N) is 5. The van der Waals surface area contributed by atoms with Gasteiger partial charge in [0.25, 0.3) is 0 Å². The molecule has 0 amide bonds. The van der Waals surface area contributed by atoms with Crippen molar-refractivity contribution in [2.24, 2.45) is 5.41 Å². The van der Waals surface area contributed by atoms with Crippen molar-refractivity contribution in [2.75, 3.05) is 25.2 Å². The Morgan fingerprint density at radius 3 is 2.77 bits per heavy atom. The van der Waals surface area contributed by atoms with Crippen molar-refractivity contribution in [1.82, 2.24) is 24.7 Å². The van der Waals surface area contributed by atoms with Gasteiger partial charge in [0.1, 0.15) is 6.67 Å². The van der Waals surface area contributed by atoms with E-state index in [2.05, 4.69) is 25.4 Å². The molecule has 0 atom stereocenters. The van der Waals surface area contributed by atoms with Crippen LogP contribution in [0.2, 0.25) is 5.02 Å². The molecule has 3 aromatic rings. The van der Waals surface area contributed by atoms with Crippen molar-refractivity contribution in [2.45, 2.75) is 6.54 Å². The second-order valence-electron chi connectivity index (χ2n) is 6.30. The number of ether oxygens (including phenoxy) is 1. The first-order valence-corrected chi connectivity index (χ1v) is 8.41. The fourth-order valence-electron chi connectivity index (χ4n) is 2.71. The molecule has 9 heteroatoms. The van der Waals surface area contributed by atoms with E-state index in [-0.39, 0.29) is 0 Å². The summed E-state index contributed by atoms with van der Waals surface area (Å²) >= 11 is 6.26. The molecule has 1 N–H and O–H groups in total. The van der Waals surface area contributed by atoms with Crippen LogP contribution in [-0.4, -0.2) is 44.6 Å². The Morgan fingerprint density at radius 1 is 1.27 bits per heavy atom. The maximum Gasteiger partial charge on any atom is 0.227 e. The molecule has 0 aromatic carbocycles. The highest BCUT2D eigenvalue weighted by molar-refractivity contribution is 6.32. The number of aromatic nitrogens is 5. The number of pyridine rings is 1. The van der Waals surface area contributed by atoms with E-state index in [1.54, 1.807) is 29.5 Å². The quantitative estimate of drug-likeness (QED) is 0.714. The van der Waals surface area contributed by atoms with Crippen LogP contribution in [0, 0.1) is 5.41 Å². The molecule has 4 rings (SSSR count). The van der Waals surface area contributed by atoms with Gasteiger partial charge in [-0.2, -0.15) is 5.10 Å². The average molecular weight is 375 g/mol. The standard InChI is InChI=1S/C17H16ClFN6O/c18-14-6-21-16(23-13-1-3-20-4-2-13)24-15(14)12-5-22-25(7-12)9-17(8-19)10-26-11-17/h1-7H,8-11H2,(H,20,21,23,24). The highest BCUT2D eigenvalue weighted by Crippen LogP contribution is 2.31. The van der Waals surface area contributed by atoms with E-state index in [4.69, 9.17) is 16.3 Å². The van der Waals surface area contributed by atoms with Crippen LogP contribution < -0.4 is 5.32 Å². The van der Waals surface area contributed by atoms with E-state index in [1.165, 1.54) is 6.20 Å². The van der Waals surface area contributed by atoms with Crippen molar-refractivity contribution < 1.29 is 9.13 Å². The summed E-state index contributed by atoms with van der Waals surface area (Å²) in [5, 5.41) is 7.82. The van der Waals surface area contributed by atoms with Gasteiger partial charge in [0.05, 0.1) is 48.3 Å². The lowest BCUT2D eigenvalue weighted by Gasteiger charge is -2.38. The molecule has 0 saturated carbocycles. The minimum atomic E-state index is -0.479. The number of halogens is 2. The molecule has 0 unspecified atom stereocenters. The van der Waals surface area contributed by atoms with Crippen molar-refractivity contribution in [3.8, 4) is 11.3 Å². The van der Waals surface area contributed by atoms with Crippen molar-refractivity contribution in [1.29, 1.82) is 0 Å². The van der Waals surface area contributed by atoms with Crippen LogP contribution in [0.25, 0.3) is 11.3 Å². The summed E-state index contributed by atoms with van der Waals surface area (Å²) in [6, 6.07) is 3.62. The summed E-state index contributed by atoms with van der Waals surface area (Å²) in [5.41, 5.74) is 1.64. The largest absolute Gasteiger partial charge is 0.380 e. The maximum absolute atomic E-state index is 13.3. The number of anilines is 2. The van der Waals surface area contributed by atoms with Crippen LogP contribution in [0.5, 0.6) is 0 Å². The molecule has 1 fully saturated rings. The fraction of sp³-hybridized carbons (Fsp3) is 0.294. The Kier molecular flexibility index (Phi) is 4.52. The van der Waals surface area contributed by atoms with Crippen LogP contribution >= 0.6 is 11.6 Å². The van der Waals surface area contributed by atoms with Crippen LogP contribution in [0.15, 0.2) is 43.1 Å². The van der Waals surface area contributed by atoms with Crippen molar-refractivity contribution >= 4 is 23.2 Å². The number of rotatable bonds is 6. The van der Waals surface area contributed by atoms with Crippen molar-refractivity contribution in [3.05, 3.63) is 48.1 Å². The lowest BCUT2D eigenvalue weighted by molar-refractivity contribution is -0.133. The Morgan fingerprint density at radius 2 is 2.08 bits per heavy atom. The average Bonchev–Trinajstić information content (AvgIpc) is 3.09. The molecule has 26 heavy (non-hydrogen) atoms. The molecular formula is C17H16ClFN6O. The number of hydrogen-bond donors (Lipinski definition) is 1. The van der Waals surface area contributed by atoms with Crippen LogP contribution in [-0.2, 0) is 11.3 Å². The third kappa shape index (κ3) is 3.38. The molecule has 1 aliphatic rings. The van der Waals surface area contributed by atoms with Gasteiger partial charge in [-0.1, -0.05) is 11.6 Å². The number of nitrogens with one attached hydrogen (secondary N) is 1. The normalized spacial score (nSPS) is 15.5. The van der Waals surface area contributed by atoms with Gasteiger partial charge in [-0.3, -0.25) is 14.1 Å². The molecule has 1 saturated heterocycles. The van der Waals surface area contributed by atoms with Crippen molar-refractivity contribution in [3.63, 3.8) is 0 Å². The zero-order valence-corrected chi connectivity index (χ0v) is 14.5. The lowest BCUT2D eigenvalue weighted by Crippen LogP contribution is -2.47. The van der Waals surface area contributed by atoms with Gasteiger partial charge in [-0.05, 0) is 12.1 Å². The molecule has 0 bridgehead atoms. The summed E-state index contributed by atoms with van der Waals surface area (Å²) in [5.74, 6) is 0.413. The SMILES string of the molecule is FCC1(Cn2cc(-c3nc(Nc4ccncc4)ncc3Cl)cn2)COC1. The second kappa shape index (κ2) is 6.97. The Labute approximate surface area is 154 Å². The number of alkyl halides is 1. The monoisotopic (exact) mass is 374 g/mol. The van der Waals surface area contributed by atoms with Crippen LogP contribution in [0.1, 0.15) is 0 Å². The van der Waals surface area contributed by atoms with E-state index < -0.39 is 12.1 Å². The predicted octanol–water partition coefficient (Wildman–Crippen LogP) is 3.12. The summed E-state index contributed by atoms with van der Waals surface area (Å²) in [6.07, 6.45) is 8.35. The van der Waals surface area contributed by atoms with Gasteiger partial charge in [0.15, 0.2) is 0 Å². The Balaban J connectivity index is 1.56. The van der Waals surface area contributed by atoms with Gasteiger partial charge in [0, 0.05) is 29.8 Å². The van der Waals surface area contributed by atoms with Gasteiger partial charge in [0.2, 0.25) is 5.95 Å². The third-order valence-electron chi connectivity index (χ3n) is 4.18. The van der Waals surface area contributed by atoms with Crippen LogP contribution in [0.4, 0.5) is 16.0 Å². The zero-order chi connectivity index (χ0) is 18.0. The lowest BCUT2D eigenvalue weighted by atomic mass is 9.88. The minimum Gasteiger partial charge on any atom is -0.380 e. The molecule has 0 aliphatic carbocycles. The summed E-state index contributed by atoms with van der Waals surface area (Å²) in [4.78, 5) is 12.6. The van der Waals surface area contributed by atoms with Crippen LogP contribution in [0.3, 0.4) is 0 Å². The molecule has 0 radical (unpaired) electrons. The molecule has 3 aromatic heterocycles. The Hall–Kier alpha value is -2.58. The third-order valence-corrected chi connectivity index (χ3v) is 4.46. The first kappa shape index (κ1) is 16.9. The first-order valence-electron chi connectivity index (χ1n) is 8.04. The molecule has 1 aliphatic heterocycles. The highest BCUT2D eigenvalue weighted by Gasteiger charge is 2.39. The van der Waals surface area contributed by atoms with Gasteiger partial charge in [-0.25, -0.2) is 9.97 Å². The molecule has 4 heterocycles. The van der Waals surface area contributed by atoms with Gasteiger partial charge >= 0.3 is 0 Å². The maximum atomic E-state index is 13.3. The van der Waals surface area contributed by atoms with E-state index >= 15 is 0 Å². The minimum absolute atomic E-state index is 0.410. The van der Waals surface area contributed by atoms with E-state index in [0.29, 0.717) is 36.4 Å². The van der Waals surface area contributed by atoms with E-state index in [0.717, 1.165) is 11.3 Å². The van der Waals surface area contributed by atoms with E-state index in [1.807, 2.05) is 12.1 Å². The predicted molar refractivity (Wildman–Crippen MR) is 95.0 cm³/mol. The fourth-order valence-corrected chi connectivity index (χ4v) is 2.91. The number of hydrogen-bond acceptors (Lipinski definition) is 6.